The van der Waals surface area contributed by atoms with E-state index in [4.69, 9.17) is 5.11 Å². The Hall–Kier alpha value is -2.63. The Morgan fingerprint density at radius 1 is 1.12 bits per heavy atom. The summed E-state index contributed by atoms with van der Waals surface area (Å²) in [7, 11) is -2.49. The van der Waals surface area contributed by atoms with Gasteiger partial charge in [-0.05, 0) is 92.3 Å². The number of aryl methyl sites for hydroxylation is 3. The second kappa shape index (κ2) is 14.5. The number of aliphatic hydroxyl groups is 1. The first kappa shape index (κ1) is 32.9. The van der Waals surface area contributed by atoms with E-state index >= 15 is 0 Å². The molecule has 3 N–H and O–H groups in total. The summed E-state index contributed by atoms with van der Waals surface area (Å²) in [6.45, 7) is 6.14. The first-order chi connectivity index (χ1) is 19.3. The first-order valence-electron chi connectivity index (χ1n) is 13.9. The summed E-state index contributed by atoms with van der Waals surface area (Å²) < 4.78 is 43.1. The van der Waals surface area contributed by atoms with Crippen LogP contribution in [-0.2, 0) is 34.1 Å². The second-order valence-electron chi connectivity index (χ2n) is 11.0. The van der Waals surface area contributed by atoms with Gasteiger partial charge in [-0.15, -0.1) is 11.3 Å². The van der Waals surface area contributed by atoms with Crippen molar-refractivity contribution in [3.8, 4) is 11.1 Å². The predicted octanol–water partition coefficient (Wildman–Crippen LogP) is 5.51. The molecule has 10 heteroatoms. The van der Waals surface area contributed by atoms with Crippen LogP contribution in [0.5, 0.6) is 0 Å². The number of aliphatic hydroxyl groups excluding tert-OH is 1. The Balaban J connectivity index is 1.68. The van der Waals surface area contributed by atoms with Gasteiger partial charge in [0.15, 0.2) is 0 Å². The lowest BCUT2D eigenvalue weighted by atomic mass is 9.94. The summed E-state index contributed by atoms with van der Waals surface area (Å²) in [5.74, 6) is -1.47. The topological polar surface area (TPSA) is 107 Å². The van der Waals surface area contributed by atoms with Crippen LogP contribution in [0.25, 0.3) is 11.1 Å². The third-order valence-corrected chi connectivity index (χ3v) is 10.1. The van der Waals surface area contributed by atoms with Gasteiger partial charge in [0, 0.05) is 42.5 Å². The molecule has 0 bridgehead atoms. The monoisotopic (exact) mass is 604 g/mol. The van der Waals surface area contributed by atoms with Crippen molar-refractivity contribution in [3.05, 3.63) is 75.7 Å². The van der Waals surface area contributed by atoms with Gasteiger partial charge in [-0.1, -0.05) is 31.2 Å². The minimum Gasteiger partial charge on any atom is -0.481 e. The Labute approximate surface area is 247 Å². The summed E-state index contributed by atoms with van der Waals surface area (Å²) in [6, 6.07) is 13.4. The van der Waals surface area contributed by atoms with Gasteiger partial charge in [-0.25, -0.2) is 12.8 Å². The van der Waals surface area contributed by atoms with Crippen molar-refractivity contribution in [1.29, 1.82) is 0 Å². The van der Waals surface area contributed by atoms with Crippen molar-refractivity contribution in [2.75, 3.05) is 20.1 Å². The third-order valence-electron chi connectivity index (χ3n) is 7.22. The highest BCUT2D eigenvalue weighted by Crippen LogP contribution is 2.32. The van der Waals surface area contributed by atoms with E-state index in [1.54, 1.807) is 29.5 Å². The summed E-state index contributed by atoms with van der Waals surface area (Å²) >= 11 is 1.75. The molecule has 0 amide bonds. The number of thiophene rings is 1. The molecule has 2 aromatic carbocycles. The molecule has 224 valence electrons. The Morgan fingerprint density at radius 2 is 1.88 bits per heavy atom. The fourth-order valence-electron chi connectivity index (χ4n) is 4.87. The maximum absolute atomic E-state index is 14.9. The Morgan fingerprint density at radius 3 is 2.54 bits per heavy atom. The number of halogens is 1. The van der Waals surface area contributed by atoms with E-state index in [9.17, 15) is 22.7 Å². The zero-order valence-electron chi connectivity index (χ0n) is 24.2. The molecule has 0 spiro atoms. The highest BCUT2D eigenvalue weighted by molar-refractivity contribution is 7.89. The lowest BCUT2D eigenvalue weighted by Crippen LogP contribution is -2.46. The molecule has 0 saturated heterocycles. The van der Waals surface area contributed by atoms with Crippen LogP contribution in [0.2, 0.25) is 0 Å². The van der Waals surface area contributed by atoms with E-state index < -0.39 is 27.9 Å². The van der Waals surface area contributed by atoms with Gasteiger partial charge in [0.25, 0.3) is 0 Å². The van der Waals surface area contributed by atoms with Crippen molar-refractivity contribution in [3.63, 3.8) is 0 Å². The van der Waals surface area contributed by atoms with Gasteiger partial charge < -0.3 is 15.5 Å². The van der Waals surface area contributed by atoms with Crippen LogP contribution in [0.1, 0.15) is 56.0 Å². The summed E-state index contributed by atoms with van der Waals surface area (Å²) in [5.41, 5.74) is 1.62. The zero-order chi connectivity index (χ0) is 30.2. The number of aliphatic carboxylic acids is 1. The van der Waals surface area contributed by atoms with Gasteiger partial charge in [-0.2, -0.15) is 4.31 Å². The highest BCUT2D eigenvalue weighted by Gasteiger charge is 2.27. The zero-order valence-corrected chi connectivity index (χ0v) is 25.8. The van der Waals surface area contributed by atoms with Crippen LogP contribution in [-0.4, -0.2) is 60.7 Å². The summed E-state index contributed by atoms with van der Waals surface area (Å²) in [6.07, 6.45) is 2.42. The normalized spacial score (nSPS) is 13.0. The molecular formula is C31H41FN2O5S2. The molecule has 1 atom stereocenters. The molecule has 7 nitrogen and oxygen atoms in total. The molecule has 0 aliphatic rings. The van der Waals surface area contributed by atoms with Crippen LogP contribution in [0.3, 0.4) is 0 Å². The van der Waals surface area contributed by atoms with Crippen LogP contribution in [0, 0.1) is 5.82 Å². The largest absolute Gasteiger partial charge is 0.481 e. The number of nitrogens with zero attached hydrogens (tertiary/aromatic N) is 1. The lowest BCUT2D eigenvalue weighted by Gasteiger charge is -2.29. The van der Waals surface area contributed by atoms with E-state index in [0.29, 0.717) is 23.1 Å². The fraction of sp³-hybridized carbons (Fsp3) is 0.452. The van der Waals surface area contributed by atoms with Crippen molar-refractivity contribution < 1.29 is 27.8 Å². The van der Waals surface area contributed by atoms with Crippen LogP contribution in [0.15, 0.2) is 58.8 Å². The lowest BCUT2D eigenvalue weighted by molar-refractivity contribution is -0.136. The molecule has 3 rings (SSSR count). The van der Waals surface area contributed by atoms with E-state index in [1.807, 2.05) is 13.0 Å². The molecule has 0 aliphatic heterocycles. The number of carbonyl (C=O) groups is 1. The quantitative estimate of drug-likeness (QED) is 0.199. The Kier molecular flexibility index (Phi) is 11.6. The van der Waals surface area contributed by atoms with Crippen LogP contribution < -0.4 is 5.32 Å². The van der Waals surface area contributed by atoms with E-state index in [1.165, 1.54) is 30.1 Å². The molecule has 1 aromatic heterocycles. The van der Waals surface area contributed by atoms with Gasteiger partial charge in [0.05, 0.1) is 11.0 Å². The molecule has 41 heavy (non-hydrogen) atoms. The van der Waals surface area contributed by atoms with Crippen LogP contribution >= 0.6 is 11.3 Å². The molecule has 0 saturated carbocycles. The molecular weight excluding hydrogens is 563 g/mol. The smallest absolute Gasteiger partial charge is 0.303 e. The van der Waals surface area contributed by atoms with Crippen molar-refractivity contribution >= 4 is 27.3 Å². The van der Waals surface area contributed by atoms with Crippen molar-refractivity contribution in [1.82, 2.24) is 9.62 Å². The average Bonchev–Trinajstić information content (AvgIpc) is 3.44. The van der Waals surface area contributed by atoms with E-state index in [0.717, 1.165) is 23.6 Å². The molecule has 3 aromatic rings. The van der Waals surface area contributed by atoms with Crippen LogP contribution in [0.4, 0.5) is 4.39 Å². The number of likely N-dealkylation sites (N-methyl/N-ethyl adjacent to an activating group) is 1. The fourth-order valence-corrected chi connectivity index (χ4v) is 7.10. The number of hydrogen-bond acceptors (Lipinski definition) is 6. The molecule has 1 heterocycles. The highest BCUT2D eigenvalue weighted by atomic mass is 32.2. The number of nitrogens with one attached hydrogen (secondary N) is 1. The maximum atomic E-state index is 14.9. The van der Waals surface area contributed by atoms with Crippen molar-refractivity contribution in [2.45, 2.75) is 75.8 Å². The number of carboxylic acid groups (broad SMARTS) is 1. The molecule has 0 fully saturated rings. The van der Waals surface area contributed by atoms with Gasteiger partial charge >= 0.3 is 5.97 Å². The Bertz CT molecular complexity index is 1410. The molecule has 0 radical (unpaired) electrons. The minimum atomic E-state index is -3.94. The number of hydrogen-bond donors (Lipinski definition) is 3. The number of sulfonamides is 1. The average molecular weight is 605 g/mol. The summed E-state index contributed by atoms with van der Waals surface area (Å²) in [4.78, 5) is 12.5. The van der Waals surface area contributed by atoms with E-state index in [-0.39, 0.29) is 41.9 Å². The SMILES string of the molecule is CCc1cc(-c2c(F)cccc2CCC(=O)O)ccc1S(=O)(=O)N(C)C[C@H](O)CNC(C)(C)CCCc1cccs1. The third kappa shape index (κ3) is 9.18. The minimum absolute atomic E-state index is 0.0852. The number of β-amino-alcohol motifs (C(OH)–C–C–N with tert-alkyl or cyclic N) is 1. The number of carboxylic acids is 1. The molecule has 0 aliphatic carbocycles. The van der Waals surface area contributed by atoms with Gasteiger partial charge in [-0.3, -0.25) is 4.79 Å². The maximum Gasteiger partial charge on any atom is 0.303 e. The van der Waals surface area contributed by atoms with Gasteiger partial charge in [0.2, 0.25) is 10.0 Å². The first-order valence-corrected chi connectivity index (χ1v) is 16.2. The molecule has 0 unspecified atom stereocenters. The predicted molar refractivity (Wildman–Crippen MR) is 162 cm³/mol. The van der Waals surface area contributed by atoms with Crippen molar-refractivity contribution in [2.24, 2.45) is 0 Å². The van der Waals surface area contributed by atoms with E-state index in [2.05, 4.69) is 30.6 Å². The second-order valence-corrected chi connectivity index (χ2v) is 14.0. The number of benzene rings is 2. The summed E-state index contributed by atoms with van der Waals surface area (Å²) in [5, 5.41) is 25.2. The standard InChI is InChI=1S/C31H41FN2O5S2/c1-5-22-19-24(30-23(14-16-29(36)37)9-6-12-27(30)32)13-15-28(22)41(38,39)34(4)21-25(35)20-33-31(2,3)17-7-10-26-11-8-18-40-26/h6,8-9,11-13,15,18-19,25,33,35H,5,7,10,14,16-17,20-21H2,1-4H3,(H,36,37)/t25-/m1/s1. The van der Waals surface area contributed by atoms with Gasteiger partial charge in [0.1, 0.15) is 5.82 Å². The number of rotatable bonds is 16.